The summed E-state index contributed by atoms with van der Waals surface area (Å²) in [6.45, 7) is 4.10. The lowest BCUT2D eigenvalue weighted by atomic mass is 10.3. The van der Waals surface area contributed by atoms with Crippen LogP contribution in [0.25, 0.3) is 0 Å². The molecule has 1 aromatic rings. The molecule has 1 N–H and O–H groups in total. The Bertz CT molecular complexity index is 498. The van der Waals surface area contributed by atoms with Gasteiger partial charge in [-0.1, -0.05) is 0 Å². The number of amides is 2. The third-order valence-electron chi connectivity index (χ3n) is 3.57. The highest BCUT2D eigenvalue weighted by Gasteiger charge is 2.24. The van der Waals surface area contributed by atoms with E-state index in [4.69, 9.17) is 0 Å². The molecule has 19 heavy (non-hydrogen) atoms. The van der Waals surface area contributed by atoms with E-state index in [2.05, 4.69) is 19.8 Å². The highest BCUT2D eigenvalue weighted by atomic mass is 16.2. The van der Waals surface area contributed by atoms with Crippen molar-refractivity contribution in [2.75, 3.05) is 32.7 Å². The van der Waals surface area contributed by atoms with Crippen LogP contribution in [0.1, 0.15) is 5.82 Å². The van der Waals surface area contributed by atoms with Crippen LogP contribution in [-0.2, 0) is 22.7 Å². The number of nitrogens with one attached hydrogen (secondary N) is 1. The zero-order valence-electron chi connectivity index (χ0n) is 10.7. The monoisotopic (exact) mass is 263 g/mol. The van der Waals surface area contributed by atoms with Crippen LogP contribution in [0.5, 0.6) is 0 Å². The second-order valence-corrected chi connectivity index (χ2v) is 4.91. The number of imidazole rings is 1. The molecule has 3 rings (SSSR count). The van der Waals surface area contributed by atoms with E-state index in [-0.39, 0.29) is 18.4 Å². The highest BCUT2D eigenvalue weighted by Crippen LogP contribution is 2.10. The number of nitrogens with zero attached hydrogens (tertiary/aromatic N) is 4. The Kier molecular flexibility index (Phi) is 3.20. The number of carbonyl (C=O) groups excluding carboxylic acids is 2. The van der Waals surface area contributed by atoms with Gasteiger partial charge in [0.25, 0.3) is 0 Å². The molecule has 0 aromatic carbocycles. The lowest BCUT2D eigenvalue weighted by molar-refractivity contribution is -0.139. The molecule has 0 atom stereocenters. The Balaban J connectivity index is 1.57. The van der Waals surface area contributed by atoms with Crippen molar-refractivity contribution in [1.29, 1.82) is 0 Å². The Morgan fingerprint density at radius 3 is 3.05 bits per heavy atom. The molecule has 0 radical (unpaired) electrons. The minimum absolute atomic E-state index is 0.0230. The number of carbonyl (C=O) groups is 2. The van der Waals surface area contributed by atoms with Gasteiger partial charge in [-0.05, 0) is 0 Å². The second-order valence-electron chi connectivity index (χ2n) is 4.91. The van der Waals surface area contributed by atoms with E-state index >= 15 is 0 Å². The third-order valence-corrected chi connectivity index (χ3v) is 3.57. The van der Waals surface area contributed by atoms with Crippen LogP contribution in [-0.4, -0.2) is 63.9 Å². The predicted octanol–water partition coefficient (Wildman–Crippen LogP) is -1.34. The summed E-state index contributed by atoms with van der Waals surface area (Å²) in [7, 11) is 0. The van der Waals surface area contributed by atoms with E-state index in [1.54, 1.807) is 11.1 Å². The van der Waals surface area contributed by atoms with Crippen LogP contribution in [0.4, 0.5) is 0 Å². The fourth-order valence-electron chi connectivity index (χ4n) is 2.50. The van der Waals surface area contributed by atoms with Crippen LogP contribution in [0.15, 0.2) is 12.4 Å². The van der Waals surface area contributed by atoms with Gasteiger partial charge < -0.3 is 14.8 Å². The molecule has 2 amide bonds. The maximum Gasteiger partial charge on any atom is 0.239 e. The number of hydrogen-bond acceptors (Lipinski definition) is 4. The van der Waals surface area contributed by atoms with Gasteiger partial charge in [0.1, 0.15) is 5.82 Å². The maximum absolute atomic E-state index is 12.1. The summed E-state index contributed by atoms with van der Waals surface area (Å²) >= 11 is 0. The van der Waals surface area contributed by atoms with Crippen molar-refractivity contribution in [3.63, 3.8) is 0 Å². The molecular formula is C12H17N5O2. The molecule has 2 aliphatic heterocycles. The first-order valence-electron chi connectivity index (χ1n) is 6.49. The molecule has 1 saturated heterocycles. The van der Waals surface area contributed by atoms with E-state index in [0.29, 0.717) is 26.2 Å². The molecule has 102 valence electrons. The number of fused-ring (bicyclic) bond motifs is 1. The summed E-state index contributed by atoms with van der Waals surface area (Å²) < 4.78 is 2.11. The lowest BCUT2D eigenvalue weighted by Gasteiger charge is -2.31. The average molecular weight is 263 g/mol. The van der Waals surface area contributed by atoms with Gasteiger partial charge in [0.05, 0.1) is 19.6 Å². The molecule has 0 unspecified atom stereocenters. The third kappa shape index (κ3) is 2.60. The Morgan fingerprint density at radius 1 is 1.32 bits per heavy atom. The second kappa shape index (κ2) is 5.00. The summed E-state index contributed by atoms with van der Waals surface area (Å²) in [6, 6.07) is 0. The first kappa shape index (κ1) is 12.2. The molecule has 2 aliphatic rings. The topological polar surface area (TPSA) is 70.5 Å². The molecule has 0 spiro atoms. The minimum atomic E-state index is -0.0752. The van der Waals surface area contributed by atoms with Crippen molar-refractivity contribution >= 4 is 11.8 Å². The normalized spacial score (nSPS) is 20.0. The Hall–Kier alpha value is -1.89. The molecular weight excluding hydrogens is 246 g/mol. The largest absolute Gasteiger partial charge is 0.353 e. The van der Waals surface area contributed by atoms with Gasteiger partial charge in [-0.25, -0.2) is 4.98 Å². The fraction of sp³-hybridized carbons (Fsp3) is 0.583. The SMILES string of the molecule is O=C1CN(C(=O)CN2CCn3ccnc3C2)CCN1. The fourth-order valence-corrected chi connectivity index (χ4v) is 2.50. The van der Waals surface area contributed by atoms with Gasteiger partial charge in [-0.2, -0.15) is 0 Å². The average Bonchev–Trinajstić information content (AvgIpc) is 2.86. The van der Waals surface area contributed by atoms with Crippen molar-refractivity contribution in [2.24, 2.45) is 0 Å². The Morgan fingerprint density at radius 2 is 2.21 bits per heavy atom. The molecule has 0 aliphatic carbocycles. The molecule has 0 saturated carbocycles. The lowest BCUT2D eigenvalue weighted by Crippen LogP contribution is -2.52. The van der Waals surface area contributed by atoms with Gasteiger partial charge in [-0.15, -0.1) is 0 Å². The number of rotatable bonds is 2. The van der Waals surface area contributed by atoms with Crippen LogP contribution in [0.2, 0.25) is 0 Å². The van der Waals surface area contributed by atoms with Gasteiger partial charge in [0.2, 0.25) is 11.8 Å². The van der Waals surface area contributed by atoms with Crippen LogP contribution < -0.4 is 5.32 Å². The van der Waals surface area contributed by atoms with Crippen molar-refractivity contribution in [1.82, 2.24) is 24.7 Å². The van der Waals surface area contributed by atoms with Crippen molar-refractivity contribution in [2.45, 2.75) is 13.1 Å². The van der Waals surface area contributed by atoms with Gasteiger partial charge >= 0.3 is 0 Å². The molecule has 7 nitrogen and oxygen atoms in total. The van der Waals surface area contributed by atoms with Gasteiger partial charge in [-0.3, -0.25) is 14.5 Å². The summed E-state index contributed by atoms with van der Waals surface area (Å²) in [5.41, 5.74) is 0. The van der Waals surface area contributed by atoms with Gasteiger partial charge in [0, 0.05) is 38.6 Å². The highest BCUT2D eigenvalue weighted by molar-refractivity contribution is 5.86. The number of hydrogen-bond donors (Lipinski definition) is 1. The smallest absolute Gasteiger partial charge is 0.239 e. The van der Waals surface area contributed by atoms with E-state index < -0.39 is 0 Å². The zero-order valence-corrected chi connectivity index (χ0v) is 10.7. The maximum atomic E-state index is 12.1. The summed E-state index contributed by atoms with van der Waals surface area (Å²) in [6.07, 6.45) is 3.75. The summed E-state index contributed by atoms with van der Waals surface area (Å²) in [5.74, 6) is 0.944. The zero-order chi connectivity index (χ0) is 13.2. The van der Waals surface area contributed by atoms with Crippen LogP contribution in [0.3, 0.4) is 0 Å². The first-order chi connectivity index (χ1) is 9.22. The molecule has 3 heterocycles. The van der Waals surface area contributed by atoms with Crippen LogP contribution >= 0.6 is 0 Å². The Labute approximate surface area is 111 Å². The molecule has 1 aromatic heterocycles. The minimum Gasteiger partial charge on any atom is -0.353 e. The summed E-state index contributed by atoms with van der Waals surface area (Å²) in [4.78, 5) is 31.4. The predicted molar refractivity (Wildman–Crippen MR) is 67.1 cm³/mol. The van der Waals surface area contributed by atoms with Crippen molar-refractivity contribution < 1.29 is 9.59 Å². The standard InChI is InChI=1S/C12H17N5O2/c18-11-8-17(4-2-14-11)12(19)9-15-5-6-16-3-1-13-10(16)7-15/h1,3H,2,4-9H2,(H,14,18). The quantitative estimate of drug-likeness (QED) is 0.717. The first-order valence-corrected chi connectivity index (χ1v) is 6.49. The van der Waals surface area contributed by atoms with Crippen LogP contribution in [0, 0.1) is 0 Å². The number of aromatic nitrogens is 2. The molecule has 1 fully saturated rings. The van der Waals surface area contributed by atoms with Crippen molar-refractivity contribution in [3.8, 4) is 0 Å². The van der Waals surface area contributed by atoms with E-state index in [0.717, 1.165) is 18.9 Å². The molecule has 7 heteroatoms. The number of piperazine rings is 1. The van der Waals surface area contributed by atoms with E-state index in [1.807, 2.05) is 6.20 Å². The van der Waals surface area contributed by atoms with Crippen molar-refractivity contribution in [3.05, 3.63) is 18.2 Å². The van der Waals surface area contributed by atoms with E-state index in [9.17, 15) is 9.59 Å². The van der Waals surface area contributed by atoms with E-state index in [1.165, 1.54) is 0 Å². The van der Waals surface area contributed by atoms with Gasteiger partial charge in [0.15, 0.2) is 0 Å². The molecule has 0 bridgehead atoms. The summed E-state index contributed by atoms with van der Waals surface area (Å²) in [5, 5.41) is 2.72.